The highest BCUT2D eigenvalue weighted by Gasteiger charge is 2.54. The minimum Gasteiger partial charge on any atom is -0.373 e. The minimum absolute atomic E-state index is 0.0338. The molecule has 24 heavy (non-hydrogen) atoms. The van der Waals surface area contributed by atoms with Gasteiger partial charge in [0.25, 0.3) is 0 Å². The third-order valence-corrected chi connectivity index (χ3v) is 7.70. The molecule has 3 heteroatoms. The molecule has 0 aromatic carbocycles. The number of ether oxygens (including phenoxy) is 2. The van der Waals surface area contributed by atoms with Crippen LogP contribution in [0.4, 0.5) is 0 Å². The quantitative estimate of drug-likeness (QED) is 0.730. The van der Waals surface area contributed by atoms with Gasteiger partial charge in [0.1, 0.15) is 5.78 Å². The summed E-state index contributed by atoms with van der Waals surface area (Å²) in [6.45, 7) is 3.71. The van der Waals surface area contributed by atoms with Gasteiger partial charge in [-0.05, 0) is 61.5 Å². The Morgan fingerprint density at radius 2 is 1.92 bits per heavy atom. The molecule has 1 aliphatic heterocycles. The molecule has 4 aliphatic carbocycles. The van der Waals surface area contributed by atoms with Gasteiger partial charge < -0.3 is 9.47 Å². The first kappa shape index (κ1) is 15.3. The van der Waals surface area contributed by atoms with Crippen LogP contribution < -0.4 is 0 Å². The summed E-state index contributed by atoms with van der Waals surface area (Å²) in [7, 11) is 0. The first-order chi connectivity index (χ1) is 11.7. The summed E-state index contributed by atoms with van der Waals surface area (Å²) in [5.74, 6) is 1.74. The second-order valence-electron chi connectivity index (χ2n) is 8.40. The van der Waals surface area contributed by atoms with Gasteiger partial charge in [-0.3, -0.25) is 4.79 Å². The van der Waals surface area contributed by atoms with E-state index in [1.54, 1.807) is 16.7 Å². The summed E-state index contributed by atoms with van der Waals surface area (Å²) in [6, 6.07) is 0. The lowest BCUT2D eigenvalue weighted by Gasteiger charge is -2.48. The second-order valence-corrected chi connectivity index (χ2v) is 8.40. The Morgan fingerprint density at radius 3 is 2.71 bits per heavy atom. The van der Waals surface area contributed by atoms with E-state index in [1.165, 1.54) is 12.8 Å². The van der Waals surface area contributed by atoms with E-state index in [4.69, 9.17) is 9.47 Å². The van der Waals surface area contributed by atoms with Gasteiger partial charge in [0.05, 0.1) is 25.4 Å². The lowest BCUT2D eigenvalue weighted by molar-refractivity contribution is -0.142. The smallest absolute Gasteiger partial charge is 0.139 e. The number of allylic oxidation sites excluding steroid dienone is 2. The van der Waals surface area contributed by atoms with Crippen molar-refractivity contribution in [3.63, 3.8) is 0 Å². The molecular formula is C21H28O3. The number of carbonyl (C=O) groups is 1. The van der Waals surface area contributed by atoms with E-state index in [1.807, 2.05) is 0 Å². The Labute approximate surface area is 144 Å². The molecule has 2 fully saturated rings. The van der Waals surface area contributed by atoms with E-state index < -0.39 is 0 Å². The maximum absolute atomic E-state index is 12.6. The van der Waals surface area contributed by atoms with Crippen molar-refractivity contribution in [1.29, 1.82) is 0 Å². The first-order valence-electron chi connectivity index (χ1n) is 9.91. The van der Waals surface area contributed by atoms with Crippen molar-refractivity contribution < 1.29 is 14.3 Å². The zero-order valence-corrected chi connectivity index (χ0v) is 14.7. The maximum Gasteiger partial charge on any atom is 0.139 e. The van der Waals surface area contributed by atoms with Gasteiger partial charge >= 0.3 is 0 Å². The number of hydrogen-bond acceptors (Lipinski definition) is 3. The van der Waals surface area contributed by atoms with Gasteiger partial charge in [-0.2, -0.15) is 0 Å². The molecule has 1 saturated heterocycles. The topological polar surface area (TPSA) is 35.5 Å². The lowest BCUT2D eigenvalue weighted by Crippen LogP contribution is -2.45. The molecule has 5 rings (SSSR count). The van der Waals surface area contributed by atoms with Crippen molar-refractivity contribution in [3.8, 4) is 0 Å². The molecule has 0 aromatic heterocycles. The second kappa shape index (κ2) is 5.54. The van der Waals surface area contributed by atoms with E-state index in [2.05, 4.69) is 13.0 Å². The maximum atomic E-state index is 12.6. The van der Waals surface area contributed by atoms with Crippen LogP contribution in [0.5, 0.6) is 0 Å². The summed E-state index contributed by atoms with van der Waals surface area (Å²) >= 11 is 0. The lowest BCUT2D eigenvalue weighted by atomic mass is 9.57. The molecule has 0 spiro atoms. The predicted octanol–water partition coefficient (Wildman–Crippen LogP) is 3.98. The molecule has 3 nitrogen and oxygen atoms in total. The van der Waals surface area contributed by atoms with Gasteiger partial charge in [0, 0.05) is 18.3 Å². The molecule has 0 N–H and O–H groups in total. The molecule has 5 atom stereocenters. The Morgan fingerprint density at radius 1 is 1.12 bits per heavy atom. The van der Waals surface area contributed by atoms with Gasteiger partial charge in [-0.25, -0.2) is 0 Å². The summed E-state index contributed by atoms with van der Waals surface area (Å²) in [5, 5.41) is 0. The Balaban J connectivity index is 1.50. The number of carbonyl (C=O) groups excluding carboxylic acids is 1. The van der Waals surface area contributed by atoms with Crippen LogP contribution >= 0.6 is 0 Å². The largest absolute Gasteiger partial charge is 0.373 e. The normalized spacial score (nSPS) is 44.4. The molecule has 5 aliphatic rings. The standard InChI is InChI=1S/C21H28O3/c1-2-21-8-7-14-15(17(21)5-6-20(21)22)4-3-13-11-18-19(12-16(13)14)24-10-9-23-18/h7,15,17-19H,2-6,8-12H2,1H3/t15-,17+,18?,19?,21+/m1/s1. The van der Waals surface area contributed by atoms with Gasteiger partial charge in [-0.15, -0.1) is 0 Å². The number of hydrogen-bond donors (Lipinski definition) is 0. The van der Waals surface area contributed by atoms with Crippen LogP contribution in [-0.4, -0.2) is 31.2 Å². The number of fused-ring (bicyclic) bond motifs is 5. The summed E-state index contributed by atoms with van der Waals surface area (Å²) in [5.41, 5.74) is 4.76. The average molecular weight is 328 g/mol. The van der Waals surface area contributed by atoms with E-state index in [9.17, 15) is 4.79 Å². The zero-order valence-electron chi connectivity index (χ0n) is 14.7. The van der Waals surface area contributed by atoms with Gasteiger partial charge in [0.15, 0.2) is 0 Å². The Hall–Kier alpha value is -0.930. The minimum atomic E-state index is -0.0338. The van der Waals surface area contributed by atoms with E-state index >= 15 is 0 Å². The van der Waals surface area contributed by atoms with E-state index in [0.29, 0.717) is 17.6 Å². The van der Waals surface area contributed by atoms with Crippen LogP contribution in [0.15, 0.2) is 22.8 Å². The van der Waals surface area contributed by atoms with Crippen molar-refractivity contribution in [2.45, 2.75) is 70.5 Å². The van der Waals surface area contributed by atoms with Crippen LogP contribution in [0.25, 0.3) is 0 Å². The molecule has 0 radical (unpaired) electrons. The highest BCUT2D eigenvalue weighted by Crippen LogP contribution is 2.59. The van der Waals surface area contributed by atoms with Crippen LogP contribution in [0.3, 0.4) is 0 Å². The van der Waals surface area contributed by atoms with Crippen molar-refractivity contribution in [1.82, 2.24) is 0 Å². The van der Waals surface area contributed by atoms with Crippen molar-refractivity contribution in [3.05, 3.63) is 22.8 Å². The van der Waals surface area contributed by atoms with Crippen LogP contribution in [0, 0.1) is 17.3 Å². The molecular weight excluding hydrogens is 300 g/mol. The highest BCUT2D eigenvalue weighted by molar-refractivity contribution is 5.88. The fourth-order valence-electron chi connectivity index (χ4n) is 6.45. The summed E-state index contributed by atoms with van der Waals surface area (Å²) in [6.07, 6.45) is 11.4. The fraction of sp³-hybridized carbons (Fsp3) is 0.762. The van der Waals surface area contributed by atoms with E-state index in [0.717, 1.165) is 51.7 Å². The number of rotatable bonds is 1. The first-order valence-corrected chi connectivity index (χ1v) is 9.91. The van der Waals surface area contributed by atoms with Crippen molar-refractivity contribution >= 4 is 5.78 Å². The third kappa shape index (κ3) is 2.00. The van der Waals surface area contributed by atoms with Crippen LogP contribution in [0.1, 0.15) is 58.3 Å². The highest BCUT2D eigenvalue weighted by atomic mass is 16.6. The predicted molar refractivity (Wildman–Crippen MR) is 91.6 cm³/mol. The molecule has 0 aromatic rings. The van der Waals surface area contributed by atoms with Gasteiger partial charge in [0.2, 0.25) is 0 Å². The van der Waals surface area contributed by atoms with Crippen molar-refractivity contribution in [2.75, 3.05) is 13.2 Å². The fourth-order valence-corrected chi connectivity index (χ4v) is 6.45. The van der Waals surface area contributed by atoms with Crippen LogP contribution in [0.2, 0.25) is 0 Å². The molecule has 1 saturated carbocycles. The molecule has 2 unspecified atom stereocenters. The molecule has 0 amide bonds. The third-order valence-electron chi connectivity index (χ3n) is 7.70. The molecule has 1 heterocycles. The van der Waals surface area contributed by atoms with Crippen LogP contribution in [-0.2, 0) is 14.3 Å². The average Bonchev–Trinajstić information content (AvgIpc) is 2.97. The van der Waals surface area contributed by atoms with Crippen molar-refractivity contribution in [2.24, 2.45) is 17.3 Å². The zero-order chi connectivity index (χ0) is 16.3. The SMILES string of the molecule is CC[C@]12CC=C3C4=C(CC[C@H]3[C@@H]1CCC2=O)CC1OCCOC1C4. The molecule has 130 valence electrons. The summed E-state index contributed by atoms with van der Waals surface area (Å²) < 4.78 is 12.0. The van der Waals surface area contributed by atoms with Gasteiger partial charge in [-0.1, -0.05) is 18.6 Å². The summed E-state index contributed by atoms with van der Waals surface area (Å²) in [4.78, 5) is 12.6. The Bertz CT molecular complexity index is 631. The molecule has 0 bridgehead atoms. The monoisotopic (exact) mass is 328 g/mol. The Kier molecular flexibility index (Phi) is 3.54. The number of Topliss-reactive ketones (excluding diaryl/α,β-unsaturated/α-hetero) is 1. The van der Waals surface area contributed by atoms with E-state index in [-0.39, 0.29) is 17.6 Å². The number of ketones is 1.